The first kappa shape index (κ1) is 17.3. The molecule has 4 rings (SSSR count). The van der Waals surface area contributed by atoms with E-state index in [9.17, 15) is 10.1 Å². The Balaban J connectivity index is 1.59. The lowest BCUT2D eigenvalue weighted by Crippen LogP contribution is -2.31. The van der Waals surface area contributed by atoms with Gasteiger partial charge in [-0.15, -0.1) is 0 Å². The van der Waals surface area contributed by atoms with Crippen LogP contribution in [0.5, 0.6) is 0 Å². The van der Waals surface area contributed by atoms with Gasteiger partial charge in [-0.05, 0) is 49.8 Å². The zero-order valence-corrected chi connectivity index (χ0v) is 15.1. The summed E-state index contributed by atoms with van der Waals surface area (Å²) >= 11 is 0. The second-order valence-electron chi connectivity index (χ2n) is 7.23. The molecular formula is C20H22N6O. The number of piperidine rings is 1. The minimum atomic E-state index is -0.617. The third-order valence-corrected chi connectivity index (χ3v) is 5.34. The Labute approximate surface area is 158 Å². The molecule has 1 saturated heterocycles. The highest BCUT2D eigenvalue weighted by Gasteiger charge is 2.44. The Bertz CT molecular complexity index is 892. The van der Waals surface area contributed by atoms with Crippen molar-refractivity contribution in [1.29, 1.82) is 5.26 Å². The van der Waals surface area contributed by atoms with Crippen molar-refractivity contribution >= 4 is 23.2 Å². The number of amides is 1. The van der Waals surface area contributed by atoms with Crippen LogP contribution in [0, 0.1) is 11.3 Å². The molecule has 27 heavy (non-hydrogen) atoms. The van der Waals surface area contributed by atoms with Crippen molar-refractivity contribution in [3.05, 3.63) is 41.7 Å². The minimum absolute atomic E-state index is 0.121. The summed E-state index contributed by atoms with van der Waals surface area (Å²) in [5.41, 5.74) is 7.08. The molecule has 0 radical (unpaired) electrons. The third-order valence-electron chi connectivity index (χ3n) is 5.34. The number of anilines is 3. The molecule has 7 heteroatoms. The Hall–Kier alpha value is -3.14. The van der Waals surface area contributed by atoms with Crippen LogP contribution in [-0.4, -0.2) is 29.0 Å². The molecule has 1 amide bonds. The molecule has 1 aliphatic heterocycles. The normalized spacial score (nSPS) is 17.8. The molecule has 1 aromatic carbocycles. The van der Waals surface area contributed by atoms with Crippen molar-refractivity contribution < 1.29 is 4.79 Å². The predicted octanol–water partition coefficient (Wildman–Crippen LogP) is 2.86. The molecule has 3 N–H and O–H groups in total. The first-order valence-electron chi connectivity index (χ1n) is 9.32. The largest absolute Gasteiger partial charge is 0.364 e. The zero-order chi connectivity index (χ0) is 18.9. The van der Waals surface area contributed by atoms with Crippen LogP contribution in [0.4, 0.5) is 17.3 Å². The zero-order valence-electron chi connectivity index (χ0n) is 15.1. The summed E-state index contributed by atoms with van der Waals surface area (Å²) in [6, 6.07) is 10.1. The third kappa shape index (κ3) is 3.43. The van der Waals surface area contributed by atoms with Gasteiger partial charge in [0, 0.05) is 18.8 Å². The van der Waals surface area contributed by atoms with Crippen LogP contribution < -0.4 is 16.0 Å². The van der Waals surface area contributed by atoms with Crippen LogP contribution in [0.15, 0.2) is 30.5 Å². The average Bonchev–Trinajstić information content (AvgIpc) is 3.50. The summed E-state index contributed by atoms with van der Waals surface area (Å²) in [6.45, 7) is 1.88. The van der Waals surface area contributed by atoms with E-state index in [1.54, 1.807) is 6.20 Å². The summed E-state index contributed by atoms with van der Waals surface area (Å²) in [7, 11) is 0. The molecule has 1 saturated carbocycles. The molecule has 7 nitrogen and oxygen atoms in total. The lowest BCUT2D eigenvalue weighted by atomic mass is 9.98. The number of nitrogens with two attached hydrogens (primary N) is 1. The summed E-state index contributed by atoms with van der Waals surface area (Å²) < 4.78 is 0. The van der Waals surface area contributed by atoms with E-state index < -0.39 is 5.91 Å². The van der Waals surface area contributed by atoms with Gasteiger partial charge in [0.25, 0.3) is 5.91 Å². The van der Waals surface area contributed by atoms with E-state index in [1.165, 1.54) is 6.42 Å². The molecule has 0 spiro atoms. The lowest BCUT2D eigenvalue weighted by molar-refractivity contribution is 0.0996. The van der Waals surface area contributed by atoms with Gasteiger partial charge in [0.05, 0.1) is 17.7 Å². The maximum atomic E-state index is 11.8. The number of nitrogens with zero attached hydrogens (tertiary/aromatic N) is 4. The van der Waals surface area contributed by atoms with Gasteiger partial charge in [0.1, 0.15) is 5.82 Å². The highest BCUT2D eigenvalue weighted by molar-refractivity contribution is 5.96. The second kappa shape index (κ2) is 6.88. The Kier molecular flexibility index (Phi) is 4.40. The van der Waals surface area contributed by atoms with E-state index in [4.69, 9.17) is 5.73 Å². The molecule has 1 aliphatic carbocycles. The molecular weight excluding hydrogens is 340 g/mol. The van der Waals surface area contributed by atoms with Gasteiger partial charge in [0.15, 0.2) is 11.5 Å². The number of nitrogens with one attached hydrogen (secondary N) is 1. The highest BCUT2D eigenvalue weighted by Crippen LogP contribution is 2.47. The Morgan fingerprint density at radius 2 is 1.89 bits per heavy atom. The number of benzene rings is 1. The highest BCUT2D eigenvalue weighted by atomic mass is 16.1. The van der Waals surface area contributed by atoms with Gasteiger partial charge in [-0.25, -0.2) is 9.97 Å². The number of hydrogen-bond acceptors (Lipinski definition) is 6. The second-order valence-corrected chi connectivity index (χ2v) is 7.23. The van der Waals surface area contributed by atoms with Crippen molar-refractivity contribution in [3.8, 4) is 6.07 Å². The van der Waals surface area contributed by atoms with Gasteiger partial charge in [-0.2, -0.15) is 5.26 Å². The molecule has 0 atom stereocenters. The van der Waals surface area contributed by atoms with Crippen LogP contribution in [0.1, 0.15) is 48.2 Å². The van der Waals surface area contributed by atoms with E-state index in [0.717, 1.165) is 55.8 Å². The molecule has 2 aromatic rings. The molecule has 1 aromatic heterocycles. The van der Waals surface area contributed by atoms with Gasteiger partial charge in [-0.1, -0.05) is 12.1 Å². The summed E-state index contributed by atoms with van der Waals surface area (Å²) in [4.78, 5) is 22.8. The SMILES string of the molecule is N#CC1(c2ccc(Nc3nc(N4CCCCC4)cnc3C(N)=O)cc2)CC1. The van der Waals surface area contributed by atoms with Gasteiger partial charge >= 0.3 is 0 Å². The average molecular weight is 362 g/mol. The molecule has 2 heterocycles. The number of nitriles is 1. The number of aromatic nitrogens is 2. The van der Waals surface area contributed by atoms with Crippen molar-refractivity contribution in [1.82, 2.24) is 9.97 Å². The Morgan fingerprint density at radius 1 is 1.19 bits per heavy atom. The number of primary amides is 1. The summed E-state index contributed by atoms with van der Waals surface area (Å²) in [6.07, 6.45) is 6.92. The maximum Gasteiger partial charge on any atom is 0.271 e. The van der Waals surface area contributed by atoms with Crippen molar-refractivity contribution in [2.75, 3.05) is 23.3 Å². The number of rotatable bonds is 5. The predicted molar refractivity (Wildman–Crippen MR) is 103 cm³/mol. The number of carbonyl (C=O) groups excluding carboxylic acids is 1. The van der Waals surface area contributed by atoms with Crippen LogP contribution >= 0.6 is 0 Å². The quantitative estimate of drug-likeness (QED) is 0.847. The van der Waals surface area contributed by atoms with Crippen LogP contribution in [0.2, 0.25) is 0 Å². The van der Waals surface area contributed by atoms with E-state index >= 15 is 0 Å². The van der Waals surface area contributed by atoms with Gasteiger partial charge < -0.3 is 16.0 Å². The van der Waals surface area contributed by atoms with E-state index in [-0.39, 0.29) is 11.1 Å². The maximum absolute atomic E-state index is 11.8. The van der Waals surface area contributed by atoms with Crippen molar-refractivity contribution in [2.45, 2.75) is 37.5 Å². The van der Waals surface area contributed by atoms with E-state index in [2.05, 4.69) is 26.3 Å². The fourth-order valence-electron chi connectivity index (χ4n) is 3.52. The molecule has 0 unspecified atom stereocenters. The minimum Gasteiger partial charge on any atom is -0.364 e. The van der Waals surface area contributed by atoms with Crippen LogP contribution in [-0.2, 0) is 5.41 Å². The van der Waals surface area contributed by atoms with Gasteiger partial charge in [-0.3, -0.25) is 4.79 Å². The van der Waals surface area contributed by atoms with Crippen LogP contribution in [0.3, 0.4) is 0 Å². The molecule has 2 fully saturated rings. The standard InChI is InChI=1S/C20H22N6O/c21-13-20(8-9-20)14-4-6-15(7-5-14)24-19-17(18(22)27)23-12-16(25-19)26-10-2-1-3-11-26/h4-7,12H,1-3,8-11H2,(H2,22,27)(H,24,25). The smallest absolute Gasteiger partial charge is 0.271 e. The summed E-state index contributed by atoms with van der Waals surface area (Å²) in [5.74, 6) is 0.494. The number of carbonyl (C=O) groups is 1. The Morgan fingerprint density at radius 3 is 2.48 bits per heavy atom. The van der Waals surface area contributed by atoms with Gasteiger partial charge in [0.2, 0.25) is 0 Å². The number of hydrogen-bond donors (Lipinski definition) is 2. The fraction of sp³-hybridized carbons (Fsp3) is 0.400. The first-order chi connectivity index (χ1) is 13.1. The molecule has 0 bridgehead atoms. The van der Waals surface area contributed by atoms with E-state index in [1.807, 2.05) is 24.3 Å². The summed E-state index contributed by atoms with van der Waals surface area (Å²) in [5, 5.41) is 12.5. The van der Waals surface area contributed by atoms with Crippen LogP contribution in [0.25, 0.3) is 0 Å². The molecule has 138 valence electrons. The van der Waals surface area contributed by atoms with Crippen molar-refractivity contribution in [3.63, 3.8) is 0 Å². The first-order valence-corrected chi connectivity index (χ1v) is 9.32. The lowest BCUT2D eigenvalue weighted by Gasteiger charge is -2.27. The molecule has 2 aliphatic rings. The monoisotopic (exact) mass is 362 g/mol. The van der Waals surface area contributed by atoms with E-state index in [0.29, 0.717) is 5.82 Å². The fourth-order valence-corrected chi connectivity index (χ4v) is 3.52. The van der Waals surface area contributed by atoms with Crippen molar-refractivity contribution in [2.24, 2.45) is 5.73 Å². The topological polar surface area (TPSA) is 108 Å².